The van der Waals surface area contributed by atoms with Crippen LogP contribution in [0.25, 0.3) is 0 Å². The standard InChI is InChI=1S/C26H60N2O6Si4.C14H28N2O6.C3H9ClSi/c1-35(2)23-31-19-15-27(16-20-32-24-36(3)4)25(29)13-11-12-14-26(30)28(17-21-33-37(5,6)7)18-22-34-38(8,9)10;17-9-5-15(6-10-18)13(21)3-1-2-4-14(22)16(7-11-19)8-12-20;1-5(2,3)4/h35-36H,11-24H2,1-10H3;17-20H,1-12H2;1-3H3. The second-order valence-corrected chi connectivity index (χ2v) is 42.6. The average molecular weight is 1040 g/mol. The van der Waals surface area contributed by atoms with Gasteiger partial charge < -0.3 is 58.4 Å². The molecule has 22 heteroatoms. The molecule has 0 heterocycles. The van der Waals surface area contributed by atoms with E-state index < -0.39 is 41.6 Å². The van der Waals surface area contributed by atoms with Crippen molar-refractivity contribution in [1.82, 2.24) is 19.6 Å². The molecule has 0 aromatic rings. The Balaban J connectivity index is -0.00000119. The third-order valence-corrected chi connectivity index (χ3v) is 12.6. The lowest BCUT2D eigenvalue weighted by Crippen LogP contribution is -2.40. The van der Waals surface area contributed by atoms with Crippen molar-refractivity contribution in [2.45, 2.75) is 136 Å². The SMILES string of the molecule is C[SiH](C)COCCN(CCOC[SiH](C)C)C(=O)CCCCC(=O)N(CCO[Si](C)(C)C)CCO[Si](C)(C)C.C[Si](C)(C)Cl.O=C(CCCCC(=O)N(CCO)CCO)N(CCO)CCO. The maximum absolute atomic E-state index is 13.0. The van der Waals surface area contributed by atoms with Crippen molar-refractivity contribution in [3.05, 3.63) is 0 Å². The molecule has 388 valence electrons. The van der Waals surface area contributed by atoms with Crippen LogP contribution >= 0.6 is 11.1 Å². The van der Waals surface area contributed by atoms with Gasteiger partial charge in [0, 0.05) is 90.5 Å². The zero-order valence-corrected chi connectivity index (χ0v) is 49.3. The fraction of sp³-hybridized carbons (Fsp3) is 0.907. The molecule has 0 unspecified atom stereocenters. The van der Waals surface area contributed by atoms with Crippen LogP contribution in [0.2, 0.25) is 85.1 Å². The summed E-state index contributed by atoms with van der Waals surface area (Å²) in [5, 5.41) is 35.4. The summed E-state index contributed by atoms with van der Waals surface area (Å²) in [6, 6.07) is 0. The van der Waals surface area contributed by atoms with Crippen LogP contribution in [0, 0.1) is 0 Å². The van der Waals surface area contributed by atoms with Crippen LogP contribution in [0.1, 0.15) is 51.4 Å². The summed E-state index contributed by atoms with van der Waals surface area (Å²) >= 11 is 5.67. The number of halogens is 1. The molecule has 0 aliphatic carbocycles. The Morgan fingerprint density at radius 1 is 0.431 bits per heavy atom. The molecule has 0 saturated heterocycles. The van der Waals surface area contributed by atoms with Gasteiger partial charge in [-0.05, 0) is 65.0 Å². The third-order valence-electron chi connectivity index (χ3n) is 8.66. The molecule has 0 aromatic heterocycles. The molecule has 0 aliphatic heterocycles. The maximum atomic E-state index is 13.0. The largest absolute Gasteiger partial charge is 0.416 e. The molecular formula is C43H97ClN4O12Si5. The Labute approximate surface area is 406 Å². The molecule has 0 aliphatic rings. The lowest BCUT2D eigenvalue weighted by molar-refractivity contribution is -0.134. The predicted molar refractivity (Wildman–Crippen MR) is 279 cm³/mol. The Bertz CT molecular complexity index is 1130. The number of carbonyl (C=O) groups is 4. The van der Waals surface area contributed by atoms with Gasteiger partial charge in [0.1, 0.15) is 7.38 Å². The normalized spacial score (nSPS) is 11.8. The molecule has 0 rings (SSSR count). The minimum absolute atomic E-state index is 0.116. The monoisotopic (exact) mass is 1040 g/mol. The molecular weight excluding hydrogens is 940 g/mol. The average Bonchev–Trinajstić information content (AvgIpc) is 3.18. The number of carbonyl (C=O) groups excluding carboxylic acids is 4. The molecule has 0 atom stereocenters. The number of nitrogens with zero attached hydrogens (tertiary/aromatic N) is 4. The van der Waals surface area contributed by atoms with E-state index in [0.29, 0.717) is 91.1 Å². The van der Waals surface area contributed by atoms with Gasteiger partial charge in [-0.25, -0.2) is 0 Å². The fourth-order valence-electron chi connectivity index (χ4n) is 5.58. The summed E-state index contributed by atoms with van der Waals surface area (Å²) in [5.41, 5.74) is 0. The van der Waals surface area contributed by atoms with Crippen LogP contribution in [-0.2, 0) is 37.5 Å². The molecule has 16 nitrogen and oxygen atoms in total. The van der Waals surface area contributed by atoms with Crippen LogP contribution in [0.15, 0.2) is 0 Å². The minimum atomic E-state index is -1.63. The van der Waals surface area contributed by atoms with Crippen molar-refractivity contribution in [2.24, 2.45) is 0 Å². The first-order valence-corrected chi connectivity index (χ1v) is 41.5. The first-order valence-electron chi connectivity index (χ1n) is 23.9. The van der Waals surface area contributed by atoms with Crippen molar-refractivity contribution >= 4 is 76.3 Å². The summed E-state index contributed by atoms with van der Waals surface area (Å²) in [6.07, 6.45) is 5.54. The van der Waals surface area contributed by atoms with E-state index in [0.717, 1.165) is 12.5 Å². The molecule has 0 fully saturated rings. The number of ether oxygens (including phenoxy) is 2. The zero-order valence-electron chi connectivity index (χ0n) is 43.3. The Kier molecular flexibility index (Phi) is 42.8. The van der Waals surface area contributed by atoms with Crippen LogP contribution in [-0.4, -0.2) is 223 Å². The van der Waals surface area contributed by atoms with Crippen molar-refractivity contribution < 1.29 is 57.9 Å². The van der Waals surface area contributed by atoms with Crippen molar-refractivity contribution in [1.29, 1.82) is 0 Å². The van der Waals surface area contributed by atoms with E-state index in [2.05, 4.69) is 85.1 Å². The summed E-state index contributed by atoms with van der Waals surface area (Å²) in [7, 11) is -5.93. The molecule has 0 bridgehead atoms. The number of amides is 4. The van der Waals surface area contributed by atoms with E-state index >= 15 is 0 Å². The van der Waals surface area contributed by atoms with Gasteiger partial charge in [0.2, 0.25) is 23.6 Å². The molecule has 0 spiro atoms. The smallest absolute Gasteiger partial charge is 0.222 e. The molecule has 65 heavy (non-hydrogen) atoms. The van der Waals surface area contributed by atoms with Crippen LogP contribution in [0.3, 0.4) is 0 Å². The maximum Gasteiger partial charge on any atom is 0.222 e. The van der Waals surface area contributed by atoms with E-state index in [4.69, 9.17) is 49.8 Å². The van der Waals surface area contributed by atoms with Gasteiger partial charge in [-0.15, -0.1) is 0 Å². The summed E-state index contributed by atoms with van der Waals surface area (Å²) in [6.45, 7) is 33.1. The van der Waals surface area contributed by atoms with E-state index in [1.807, 2.05) is 9.80 Å². The van der Waals surface area contributed by atoms with Gasteiger partial charge in [0.25, 0.3) is 0 Å². The molecule has 4 N–H and O–H groups in total. The van der Waals surface area contributed by atoms with Gasteiger partial charge >= 0.3 is 0 Å². The van der Waals surface area contributed by atoms with Gasteiger partial charge in [-0.3, -0.25) is 19.2 Å². The van der Waals surface area contributed by atoms with E-state index in [-0.39, 0.29) is 89.1 Å². The van der Waals surface area contributed by atoms with Crippen molar-refractivity contribution in [2.75, 3.05) is 118 Å². The lowest BCUT2D eigenvalue weighted by atomic mass is 10.1. The summed E-state index contributed by atoms with van der Waals surface area (Å²) in [5.74, 6) is -0.0708. The van der Waals surface area contributed by atoms with Crippen LogP contribution in [0.4, 0.5) is 0 Å². The van der Waals surface area contributed by atoms with Crippen molar-refractivity contribution in [3.8, 4) is 0 Å². The Morgan fingerprint density at radius 2 is 0.646 bits per heavy atom. The third kappa shape index (κ3) is 49.2. The van der Waals surface area contributed by atoms with Gasteiger partial charge in [0.05, 0.1) is 70.4 Å². The topological polar surface area (TPSA) is 199 Å². The molecule has 4 amide bonds. The quantitative estimate of drug-likeness (QED) is 0.0397. The van der Waals surface area contributed by atoms with Crippen LogP contribution < -0.4 is 0 Å². The number of rotatable bonds is 36. The van der Waals surface area contributed by atoms with Crippen molar-refractivity contribution in [3.63, 3.8) is 0 Å². The molecule has 0 radical (unpaired) electrons. The number of hydrogen-bond acceptors (Lipinski definition) is 12. The first kappa shape index (κ1) is 68.2. The number of hydrogen-bond donors (Lipinski definition) is 4. The number of aliphatic hydroxyl groups is 4. The van der Waals surface area contributed by atoms with Crippen LogP contribution in [0.5, 0.6) is 0 Å². The predicted octanol–water partition coefficient (Wildman–Crippen LogP) is 4.23. The van der Waals surface area contributed by atoms with Gasteiger partial charge in [0.15, 0.2) is 16.6 Å². The summed E-state index contributed by atoms with van der Waals surface area (Å²) in [4.78, 5) is 56.2. The second-order valence-electron chi connectivity index (χ2n) is 19.8. The van der Waals surface area contributed by atoms with E-state index in [9.17, 15) is 19.2 Å². The highest BCUT2D eigenvalue weighted by molar-refractivity contribution is 7.18. The van der Waals surface area contributed by atoms with Gasteiger partial charge in [-0.1, -0.05) is 45.8 Å². The highest BCUT2D eigenvalue weighted by Gasteiger charge is 2.21. The second kappa shape index (κ2) is 40.8. The zero-order chi connectivity index (χ0) is 50.5. The first-order chi connectivity index (χ1) is 30.2. The Hall–Kier alpha value is -1.07. The van der Waals surface area contributed by atoms with Gasteiger partial charge in [-0.2, -0.15) is 11.1 Å². The number of unbranched alkanes of at least 4 members (excludes halogenated alkanes) is 2. The highest BCUT2D eigenvalue weighted by Crippen LogP contribution is 2.10. The number of aliphatic hydroxyl groups excluding tert-OH is 4. The summed E-state index contributed by atoms with van der Waals surface area (Å²) < 4.78 is 23.5. The molecule has 0 aromatic carbocycles. The van der Waals surface area contributed by atoms with E-state index in [1.54, 1.807) is 0 Å². The van der Waals surface area contributed by atoms with E-state index in [1.165, 1.54) is 9.80 Å². The highest BCUT2D eigenvalue weighted by atomic mass is 35.6. The molecule has 0 saturated carbocycles. The Morgan fingerprint density at radius 3 is 0.846 bits per heavy atom. The minimum Gasteiger partial charge on any atom is -0.416 e. The fourth-order valence-corrected chi connectivity index (χ4v) is 8.26. The lowest BCUT2D eigenvalue weighted by Gasteiger charge is -2.27.